The Morgan fingerprint density at radius 3 is 2.92 bits per heavy atom. The van der Waals surface area contributed by atoms with E-state index in [1.807, 2.05) is 19.1 Å². The summed E-state index contributed by atoms with van der Waals surface area (Å²) in [7, 11) is 1.64. The van der Waals surface area contributed by atoms with E-state index in [1.165, 1.54) is 0 Å². The zero-order valence-corrected chi connectivity index (χ0v) is 8.94. The summed E-state index contributed by atoms with van der Waals surface area (Å²) in [6.07, 6.45) is 2.80. The maximum atomic E-state index is 5.22. The number of fused-ring (bicyclic) bond motifs is 1. The molecule has 0 atom stereocenters. The molecule has 0 aliphatic heterocycles. The lowest BCUT2D eigenvalue weighted by Gasteiger charge is -2.02. The minimum atomic E-state index is 0.811. The molecule has 67 valence electrons. The first kappa shape index (κ1) is 8.63. The second-order valence-corrected chi connectivity index (χ2v) is 3.67. The van der Waals surface area contributed by atoms with Crippen molar-refractivity contribution in [1.29, 1.82) is 0 Å². The predicted octanol–water partition coefficient (Wildman–Crippen LogP) is 3.31. The Kier molecular flexibility index (Phi) is 2.04. The van der Waals surface area contributed by atoms with E-state index in [0.29, 0.717) is 0 Å². The first-order valence-corrected chi connectivity index (χ1v) is 4.66. The molecule has 0 unspecified atom stereocenters. The highest BCUT2D eigenvalue weighted by Gasteiger charge is 2.07. The van der Waals surface area contributed by atoms with Crippen LogP contribution in [-0.2, 0) is 0 Å². The third kappa shape index (κ3) is 1.33. The fourth-order valence-electron chi connectivity index (χ4n) is 1.26. The number of ether oxygens (including phenoxy) is 1. The van der Waals surface area contributed by atoms with Crippen molar-refractivity contribution in [3.8, 4) is 5.75 Å². The van der Waals surface area contributed by atoms with E-state index in [2.05, 4.69) is 22.2 Å². The number of furan rings is 1. The topological polar surface area (TPSA) is 22.4 Å². The van der Waals surface area contributed by atoms with Crippen molar-refractivity contribution < 1.29 is 9.15 Å². The average molecular weight is 240 g/mol. The Morgan fingerprint density at radius 1 is 1.46 bits per heavy atom. The van der Waals surface area contributed by atoms with Crippen molar-refractivity contribution >= 4 is 26.9 Å². The molecular weight excluding hydrogens is 232 g/mol. The molecule has 0 saturated carbocycles. The van der Waals surface area contributed by atoms with Crippen LogP contribution in [0.4, 0.5) is 0 Å². The monoisotopic (exact) mass is 239 g/mol. The molecule has 0 spiro atoms. The highest BCUT2D eigenvalue weighted by atomic mass is 79.9. The summed E-state index contributed by atoms with van der Waals surface area (Å²) in [5.74, 6) is 0.811. The lowest BCUT2D eigenvalue weighted by Crippen LogP contribution is -1.83. The van der Waals surface area contributed by atoms with Crippen molar-refractivity contribution in [2.45, 2.75) is 6.92 Å². The Bertz CT molecular complexity index is 445. The van der Waals surface area contributed by atoms with E-state index >= 15 is 0 Å². The normalized spacial score (nSPS) is 10.7. The second kappa shape index (κ2) is 3.07. The standard InChI is InChI=1S/C10H8BrO2/c1-6-5-13-9-4-8(11)10(12-2)3-7(6)9/h3-4H,1-2H3. The van der Waals surface area contributed by atoms with Gasteiger partial charge in [0, 0.05) is 10.9 Å². The highest BCUT2D eigenvalue weighted by molar-refractivity contribution is 9.10. The number of rotatable bonds is 1. The van der Waals surface area contributed by atoms with Gasteiger partial charge in [0.15, 0.2) is 6.26 Å². The van der Waals surface area contributed by atoms with Gasteiger partial charge in [-0.15, -0.1) is 0 Å². The number of benzene rings is 1. The molecule has 2 nitrogen and oxygen atoms in total. The fraction of sp³-hybridized carbons (Fsp3) is 0.200. The van der Waals surface area contributed by atoms with Gasteiger partial charge in [0.05, 0.1) is 11.6 Å². The van der Waals surface area contributed by atoms with Crippen LogP contribution in [0.5, 0.6) is 5.75 Å². The largest absolute Gasteiger partial charge is 0.496 e. The molecule has 1 heterocycles. The molecule has 1 aromatic carbocycles. The van der Waals surface area contributed by atoms with Gasteiger partial charge in [-0.1, -0.05) is 0 Å². The number of aryl methyl sites for hydroxylation is 1. The van der Waals surface area contributed by atoms with Gasteiger partial charge >= 0.3 is 0 Å². The van der Waals surface area contributed by atoms with E-state index < -0.39 is 0 Å². The smallest absolute Gasteiger partial charge is 0.173 e. The van der Waals surface area contributed by atoms with Gasteiger partial charge in [-0.25, -0.2) is 0 Å². The lowest BCUT2D eigenvalue weighted by molar-refractivity contribution is 0.412. The molecule has 3 heteroatoms. The third-order valence-corrected chi connectivity index (χ3v) is 2.59. The molecular formula is C10H8BrO2. The molecule has 0 bridgehead atoms. The van der Waals surface area contributed by atoms with Crippen LogP contribution in [-0.4, -0.2) is 7.11 Å². The van der Waals surface area contributed by atoms with Crippen molar-refractivity contribution in [3.05, 3.63) is 28.4 Å². The van der Waals surface area contributed by atoms with Crippen molar-refractivity contribution in [2.75, 3.05) is 7.11 Å². The Hall–Kier alpha value is -0.960. The Labute approximate surface area is 84.6 Å². The first-order chi connectivity index (χ1) is 6.22. The minimum absolute atomic E-state index is 0.811. The molecule has 0 amide bonds. The molecule has 0 fully saturated rings. The lowest BCUT2D eigenvalue weighted by atomic mass is 10.2. The van der Waals surface area contributed by atoms with E-state index in [9.17, 15) is 0 Å². The van der Waals surface area contributed by atoms with Gasteiger partial charge in [-0.05, 0) is 35.0 Å². The molecule has 0 aliphatic carbocycles. The van der Waals surface area contributed by atoms with Gasteiger partial charge in [0.2, 0.25) is 0 Å². The third-order valence-electron chi connectivity index (χ3n) is 1.97. The van der Waals surface area contributed by atoms with E-state index in [-0.39, 0.29) is 0 Å². The summed E-state index contributed by atoms with van der Waals surface area (Å²) in [5.41, 5.74) is 1.82. The van der Waals surface area contributed by atoms with Crippen LogP contribution in [0, 0.1) is 13.2 Å². The molecule has 2 aromatic rings. The summed E-state index contributed by atoms with van der Waals surface area (Å²) in [4.78, 5) is 0. The molecule has 0 N–H and O–H groups in total. The van der Waals surface area contributed by atoms with Crippen LogP contribution >= 0.6 is 15.9 Å². The van der Waals surface area contributed by atoms with Crippen LogP contribution in [0.1, 0.15) is 5.56 Å². The summed E-state index contributed by atoms with van der Waals surface area (Å²) in [6, 6.07) is 3.83. The zero-order chi connectivity index (χ0) is 9.42. The van der Waals surface area contributed by atoms with Crippen LogP contribution in [0.2, 0.25) is 0 Å². The average Bonchev–Trinajstić information content (AvgIpc) is 2.46. The van der Waals surface area contributed by atoms with Crippen molar-refractivity contribution in [3.63, 3.8) is 0 Å². The van der Waals surface area contributed by atoms with Crippen LogP contribution < -0.4 is 4.74 Å². The molecule has 1 aromatic heterocycles. The summed E-state index contributed by atoms with van der Waals surface area (Å²) >= 11 is 3.39. The van der Waals surface area contributed by atoms with Gasteiger partial charge in [0.25, 0.3) is 0 Å². The highest BCUT2D eigenvalue weighted by Crippen LogP contribution is 2.32. The van der Waals surface area contributed by atoms with Crippen molar-refractivity contribution in [1.82, 2.24) is 0 Å². The zero-order valence-electron chi connectivity index (χ0n) is 7.35. The fourth-order valence-corrected chi connectivity index (χ4v) is 1.74. The molecule has 2 rings (SSSR count). The quantitative estimate of drug-likeness (QED) is 0.762. The second-order valence-electron chi connectivity index (χ2n) is 2.81. The Morgan fingerprint density at radius 2 is 2.23 bits per heavy atom. The van der Waals surface area contributed by atoms with Gasteiger partial charge in [-0.3, -0.25) is 0 Å². The SMILES string of the molecule is COc1cc2c(C)[c]oc2cc1Br. The van der Waals surface area contributed by atoms with E-state index in [1.54, 1.807) is 7.11 Å². The molecule has 0 saturated heterocycles. The molecule has 13 heavy (non-hydrogen) atoms. The number of halogens is 1. The minimum Gasteiger partial charge on any atom is -0.496 e. The van der Waals surface area contributed by atoms with Crippen LogP contribution in [0.25, 0.3) is 11.0 Å². The van der Waals surface area contributed by atoms with Crippen LogP contribution in [0.15, 0.2) is 21.0 Å². The molecule has 1 radical (unpaired) electrons. The number of methoxy groups -OCH3 is 1. The number of hydrogen-bond acceptors (Lipinski definition) is 2. The maximum Gasteiger partial charge on any atom is 0.173 e. The Balaban J connectivity index is 2.77. The summed E-state index contributed by atoms with van der Waals surface area (Å²) < 4.78 is 11.3. The van der Waals surface area contributed by atoms with Gasteiger partial charge in [0.1, 0.15) is 11.3 Å². The molecule has 0 aliphatic rings. The van der Waals surface area contributed by atoms with Crippen LogP contribution in [0.3, 0.4) is 0 Å². The van der Waals surface area contributed by atoms with Gasteiger partial charge in [-0.2, -0.15) is 0 Å². The summed E-state index contributed by atoms with van der Waals surface area (Å²) in [5, 5.41) is 1.04. The first-order valence-electron chi connectivity index (χ1n) is 3.86. The number of hydrogen-bond donors (Lipinski definition) is 0. The van der Waals surface area contributed by atoms with E-state index in [4.69, 9.17) is 9.15 Å². The maximum absolute atomic E-state index is 5.22. The van der Waals surface area contributed by atoms with E-state index in [0.717, 1.165) is 26.8 Å². The predicted molar refractivity (Wildman–Crippen MR) is 54.0 cm³/mol. The summed E-state index contributed by atoms with van der Waals surface area (Å²) in [6.45, 7) is 1.96. The van der Waals surface area contributed by atoms with Gasteiger partial charge < -0.3 is 9.15 Å². The van der Waals surface area contributed by atoms with Crippen molar-refractivity contribution in [2.24, 2.45) is 0 Å².